The molecule has 1 heterocycles. The molecule has 1 rings (SSSR count). The van der Waals surface area contributed by atoms with E-state index in [1.165, 1.54) is 0 Å². The lowest BCUT2D eigenvalue weighted by atomic mass is 9.98. The van der Waals surface area contributed by atoms with Crippen LogP contribution in [0.1, 0.15) is 27.7 Å². The minimum atomic E-state index is -1.97. The van der Waals surface area contributed by atoms with Gasteiger partial charge in [-0.15, -0.1) is 0 Å². The molecule has 1 unspecified atom stereocenters. The first-order valence-electron chi connectivity index (χ1n) is 9.45. The molecule has 15 nitrogen and oxygen atoms in total. The molecule has 1 saturated heterocycles. The molecule has 0 saturated carbocycles. The van der Waals surface area contributed by atoms with Gasteiger partial charge in [-0.05, 0) is 0 Å². The van der Waals surface area contributed by atoms with Gasteiger partial charge in [-0.1, -0.05) is 0 Å². The SMILES string of the molecule is CC(=O)OC[C@H]1O[C@H](OC(NCC(=O)O)C(=O)O)[C@@H](OC(C)=O)[C@H](OC(C)=O)[C@@H]1OC(C)=O. The third-order valence-electron chi connectivity index (χ3n) is 3.88. The Morgan fingerprint density at radius 1 is 0.818 bits per heavy atom. The Labute approximate surface area is 187 Å². The first kappa shape index (κ1) is 27.7. The highest BCUT2D eigenvalue weighted by Crippen LogP contribution is 2.30. The van der Waals surface area contributed by atoms with Crippen molar-refractivity contribution in [1.29, 1.82) is 0 Å². The van der Waals surface area contributed by atoms with Gasteiger partial charge in [-0.3, -0.25) is 29.3 Å². The highest BCUT2D eigenvalue weighted by Gasteiger charge is 2.53. The van der Waals surface area contributed by atoms with Crippen molar-refractivity contribution in [3.05, 3.63) is 0 Å². The van der Waals surface area contributed by atoms with Crippen molar-refractivity contribution < 1.29 is 67.4 Å². The zero-order chi connectivity index (χ0) is 25.3. The lowest BCUT2D eigenvalue weighted by Gasteiger charge is -2.44. The van der Waals surface area contributed by atoms with E-state index in [1.807, 2.05) is 0 Å². The Bertz CT molecular complexity index is 767. The normalized spacial score (nSPS) is 25.3. The Balaban J connectivity index is 3.38. The number of carbonyl (C=O) groups excluding carboxylic acids is 4. The summed E-state index contributed by atoms with van der Waals surface area (Å²) in [5.74, 6) is -6.44. The second-order valence-electron chi connectivity index (χ2n) is 6.70. The highest BCUT2D eigenvalue weighted by atomic mass is 16.7. The summed E-state index contributed by atoms with van der Waals surface area (Å²) in [5.41, 5.74) is 0. The number of carboxylic acid groups (broad SMARTS) is 2. The van der Waals surface area contributed by atoms with Crippen LogP contribution in [-0.2, 0) is 57.2 Å². The average Bonchev–Trinajstić information content (AvgIpc) is 2.66. The monoisotopic (exact) mass is 479 g/mol. The average molecular weight is 479 g/mol. The second-order valence-corrected chi connectivity index (χ2v) is 6.70. The van der Waals surface area contributed by atoms with Crippen LogP contribution in [0, 0.1) is 0 Å². The van der Waals surface area contributed by atoms with E-state index in [2.05, 4.69) is 5.32 Å². The predicted octanol–water partition coefficient (Wildman–Crippen LogP) is -1.83. The third kappa shape index (κ3) is 9.38. The number of carbonyl (C=O) groups is 6. The van der Waals surface area contributed by atoms with E-state index in [9.17, 15) is 33.9 Å². The molecule has 1 aliphatic heterocycles. The molecule has 1 aliphatic rings. The molecule has 1 fully saturated rings. The molecule has 0 amide bonds. The van der Waals surface area contributed by atoms with E-state index >= 15 is 0 Å². The van der Waals surface area contributed by atoms with Crippen LogP contribution in [0.25, 0.3) is 0 Å². The fourth-order valence-electron chi connectivity index (χ4n) is 2.81. The molecule has 33 heavy (non-hydrogen) atoms. The summed E-state index contributed by atoms with van der Waals surface area (Å²) in [5, 5.41) is 20.2. The summed E-state index contributed by atoms with van der Waals surface area (Å²) >= 11 is 0. The smallest absolute Gasteiger partial charge is 0.348 e. The minimum Gasteiger partial charge on any atom is -0.480 e. The van der Waals surface area contributed by atoms with Crippen LogP contribution in [0.15, 0.2) is 0 Å². The van der Waals surface area contributed by atoms with Crippen LogP contribution in [0.2, 0.25) is 0 Å². The van der Waals surface area contributed by atoms with Crippen molar-refractivity contribution in [3.63, 3.8) is 0 Å². The molecule has 0 aromatic heterocycles. The van der Waals surface area contributed by atoms with Gasteiger partial charge in [0.2, 0.25) is 12.5 Å². The van der Waals surface area contributed by atoms with Gasteiger partial charge in [-0.25, -0.2) is 4.79 Å². The Hall–Kier alpha value is -3.30. The summed E-state index contributed by atoms with van der Waals surface area (Å²) < 4.78 is 31.1. The fourth-order valence-corrected chi connectivity index (χ4v) is 2.81. The number of hydrogen-bond acceptors (Lipinski definition) is 13. The number of carboxylic acids is 2. The molecule has 0 aliphatic carbocycles. The standard InChI is InChI=1S/C18H25NO14/c1-7(20)28-6-11-13(29-8(2)21)14(30-9(3)22)15(31-10(4)23)18(32-11)33-16(17(26)27)19-5-12(24)25/h11,13-16,18-19H,5-6H2,1-4H3,(H,24,25)(H,26,27)/t11-,13-,14-,15+,16?,18-/m1/s1. The van der Waals surface area contributed by atoms with E-state index in [4.69, 9.17) is 33.5 Å². The van der Waals surface area contributed by atoms with Crippen molar-refractivity contribution in [2.45, 2.75) is 64.6 Å². The van der Waals surface area contributed by atoms with Crippen LogP contribution in [0.4, 0.5) is 0 Å². The van der Waals surface area contributed by atoms with Crippen LogP contribution < -0.4 is 5.32 Å². The number of nitrogens with one attached hydrogen (secondary N) is 1. The molecule has 0 bridgehead atoms. The van der Waals surface area contributed by atoms with Crippen molar-refractivity contribution in [2.24, 2.45) is 0 Å². The Morgan fingerprint density at radius 3 is 1.79 bits per heavy atom. The summed E-state index contributed by atoms with van der Waals surface area (Å²) in [4.78, 5) is 68.6. The molecule has 3 N–H and O–H groups in total. The molecule has 6 atom stereocenters. The molecule has 0 aromatic carbocycles. The number of hydrogen-bond donors (Lipinski definition) is 3. The molecule has 15 heteroatoms. The van der Waals surface area contributed by atoms with Crippen LogP contribution in [0.3, 0.4) is 0 Å². The first-order chi connectivity index (χ1) is 15.3. The van der Waals surface area contributed by atoms with Gasteiger partial charge >= 0.3 is 35.8 Å². The first-order valence-corrected chi connectivity index (χ1v) is 9.45. The van der Waals surface area contributed by atoms with Gasteiger partial charge in [0.15, 0.2) is 18.3 Å². The zero-order valence-corrected chi connectivity index (χ0v) is 18.2. The Morgan fingerprint density at radius 2 is 1.33 bits per heavy atom. The topological polar surface area (TPSA) is 210 Å². The van der Waals surface area contributed by atoms with E-state index in [-0.39, 0.29) is 0 Å². The quantitative estimate of drug-likeness (QED) is 0.169. The molecule has 0 radical (unpaired) electrons. The van der Waals surface area contributed by atoms with Crippen molar-refractivity contribution >= 4 is 35.8 Å². The molecule has 186 valence electrons. The number of ether oxygens (including phenoxy) is 6. The summed E-state index contributed by atoms with van der Waals surface area (Å²) in [6.07, 6.45) is -9.78. The summed E-state index contributed by atoms with van der Waals surface area (Å²) in [6.45, 7) is 2.76. The van der Waals surface area contributed by atoms with Gasteiger partial charge < -0.3 is 38.6 Å². The maximum Gasteiger partial charge on any atom is 0.348 e. The molecule has 0 aromatic rings. The lowest BCUT2D eigenvalue weighted by Crippen LogP contribution is -2.64. The van der Waals surface area contributed by atoms with E-state index < -0.39 is 85.9 Å². The van der Waals surface area contributed by atoms with E-state index in [0.717, 1.165) is 27.7 Å². The van der Waals surface area contributed by atoms with Crippen molar-refractivity contribution in [2.75, 3.05) is 13.2 Å². The van der Waals surface area contributed by atoms with Gasteiger partial charge in [0.25, 0.3) is 0 Å². The lowest BCUT2D eigenvalue weighted by molar-refractivity contribution is -0.317. The van der Waals surface area contributed by atoms with Gasteiger partial charge in [0.1, 0.15) is 12.7 Å². The van der Waals surface area contributed by atoms with Crippen LogP contribution in [-0.4, -0.2) is 96.1 Å². The van der Waals surface area contributed by atoms with Crippen molar-refractivity contribution in [3.8, 4) is 0 Å². The van der Waals surface area contributed by atoms with Gasteiger partial charge in [0, 0.05) is 27.7 Å². The minimum absolute atomic E-state index is 0.544. The number of rotatable bonds is 11. The zero-order valence-electron chi connectivity index (χ0n) is 18.2. The van der Waals surface area contributed by atoms with Crippen LogP contribution in [0.5, 0.6) is 0 Å². The van der Waals surface area contributed by atoms with Crippen molar-refractivity contribution in [1.82, 2.24) is 5.32 Å². The van der Waals surface area contributed by atoms with E-state index in [1.54, 1.807) is 0 Å². The fraction of sp³-hybridized carbons (Fsp3) is 0.667. The predicted molar refractivity (Wildman–Crippen MR) is 100 cm³/mol. The maximum absolute atomic E-state index is 11.7. The molecule has 0 spiro atoms. The van der Waals surface area contributed by atoms with E-state index in [0.29, 0.717) is 0 Å². The largest absolute Gasteiger partial charge is 0.480 e. The number of esters is 4. The highest BCUT2D eigenvalue weighted by molar-refractivity contribution is 5.74. The molecular formula is C18H25NO14. The Kier molecular flexibility index (Phi) is 10.6. The number of aliphatic carboxylic acids is 2. The third-order valence-corrected chi connectivity index (χ3v) is 3.88. The summed E-state index contributed by atoms with van der Waals surface area (Å²) in [6, 6.07) is 0. The summed E-state index contributed by atoms with van der Waals surface area (Å²) in [7, 11) is 0. The second kappa shape index (κ2) is 12.7. The van der Waals surface area contributed by atoms with Gasteiger partial charge in [0.05, 0.1) is 6.54 Å². The molecular weight excluding hydrogens is 454 g/mol. The maximum atomic E-state index is 11.7. The van der Waals surface area contributed by atoms with Crippen LogP contribution >= 0.6 is 0 Å². The van der Waals surface area contributed by atoms with Gasteiger partial charge in [-0.2, -0.15) is 0 Å².